The summed E-state index contributed by atoms with van der Waals surface area (Å²) in [5, 5.41) is 0. The third-order valence-electron chi connectivity index (χ3n) is 2.55. The van der Waals surface area contributed by atoms with Gasteiger partial charge in [-0.3, -0.25) is 4.79 Å². The molecule has 0 aromatic carbocycles. The van der Waals surface area contributed by atoms with Gasteiger partial charge in [-0.2, -0.15) is 11.8 Å². The molecule has 1 amide bonds. The van der Waals surface area contributed by atoms with Gasteiger partial charge in [-0.25, -0.2) is 0 Å². The van der Waals surface area contributed by atoms with Gasteiger partial charge >= 0.3 is 0 Å². The molecule has 0 aliphatic carbocycles. The monoisotopic (exact) mass is 218 g/mol. The lowest BCUT2D eigenvalue weighted by atomic mass is 10.1. The van der Waals surface area contributed by atoms with Gasteiger partial charge in [0, 0.05) is 13.1 Å². The third-order valence-corrected chi connectivity index (χ3v) is 3.19. The molecule has 84 valence electrons. The highest BCUT2D eigenvalue weighted by molar-refractivity contribution is 7.98. The molecule has 0 spiro atoms. The molecule has 4 heteroatoms. The molecular formula is C10H22N2OS. The normalized spacial score (nSPS) is 14.9. The first-order valence-electron chi connectivity index (χ1n) is 5.05. The fourth-order valence-corrected chi connectivity index (χ4v) is 1.61. The van der Waals surface area contributed by atoms with E-state index in [9.17, 15) is 4.79 Å². The lowest BCUT2D eigenvalue weighted by Crippen LogP contribution is -2.45. The van der Waals surface area contributed by atoms with Crippen molar-refractivity contribution in [2.75, 3.05) is 19.1 Å². The van der Waals surface area contributed by atoms with Crippen LogP contribution in [0.2, 0.25) is 0 Å². The first-order valence-corrected chi connectivity index (χ1v) is 6.45. The quantitative estimate of drug-likeness (QED) is 0.731. The molecule has 0 radical (unpaired) electrons. The molecule has 3 nitrogen and oxygen atoms in total. The minimum Gasteiger partial charge on any atom is -0.342 e. The summed E-state index contributed by atoms with van der Waals surface area (Å²) in [7, 11) is 1.83. The number of nitrogens with zero attached hydrogens (tertiary/aromatic N) is 1. The van der Waals surface area contributed by atoms with E-state index in [1.54, 1.807) is 16.7 Å². The smallest absolute Gasteiger partial charge is 0.239 e. The zero-order valence-corrected chi connectivity index (χ0v) is 10.4. The van der Waals surface area contributed by atoms with E-state index in [0.29, 0.717) is 0 Å². The molecule has 0 saturated heterocycles. The van der Waals surface area contributed by atoms with Crippen LogP contribution in [0.15, 0.2) is 0 Å². The molecule has 2 N–H and O–H groups in total. The lowest BCUT2D eigenvalue weighted by Gasteiger charge is -2.26. The van der Waals surface area contributed by atoms with Gasteiger partial charge in [-0.15, -0.1) is 0 Å². The second-order valence-electron chi connectivity index (χ2n) is 3.59. The van der Waals surface area contributed by atoms with Gasteiger partial charge in [-0.1, -0.05) is 6.92 Å². The summed E-state index contributed by atoms with van der Waals surface area (Å²) < 4.78 is 0. The van der Waals surface area contributed by atoms with Crippen molar-refractivity contribution < 1.29 is 4.79 Å². The number of nitrogens with two attached hydrogens (primary N) is 1. The minimum atomic E-state index is -0.332. The van der Waals surface area contributed by atoms with Crippen molar-refractivity contribution in [3.8, 4) is 0 Å². The summed E-state index contributed by atoms with van der Waals surface area (Å²) in [6.07, 6.45) is 3.76. The fourth-order valence-electron chi connectivity index (χ4n) is 1.12. The summed E-state index contributed by atoms with van der Waals surface area (Å²) in [4.78, 5) is 13.5. The number of carbonyl (C=O) groups excluding carboxylic acids is 1. The highest BCUT2D eigenvalue weighted by atomic mass is 32.2. The number of likely N-dealkylation sites (N-methyl/N-ethyl adjacent to an activating group) is 1. The Bertz CT molecular complexity index is 176. The molecule has 0 aromatic heterocycles. The summed E-state index contributed by atoms with van der Waals surface area (Å²) in [5.41, 5.74) is 5.79. The van der Waals surface area contributed by atoms with Crippen LogP contribution in [-0.4, -0.2) is 41.9 Å². The summed E-state index contributed by atoms with van der Waals surface area (Å²) in [5.74, 6) is 1.01. The Kier molecular flexibility index (Phi) is 7.01. The number of hydrogen-bond acceptors (Lipinski definition) is 3. The van der Waals surface area contributed by atoms with Gasteiger partial charge in [-0.05, 0) is 31.8 Å². The number of carbonyl (C=O) groups is 1. The van der Waals surface area contributed by atoms with E-state index in [1.807, 2.05) is 20.2 Å². The lowest BCUT2D eigenvalue weighted by molar-refractivity contribution is -0.133. The number of thioether (sulfide) groups is 1. The summed E-state index contributed by atoms with van der Waals surface area (Å²) in [6.45, 7) is 4.11. The van der Waals surface area contributed by atoms with Crippen LogP contribution in [-0.2, 0) is 4.79 Å². The molecule has 0 rings (SSSR count). The zero-order chi connectivity index (χ0) is 11.1. The van der Waals surface area contributed by atoms with Gasteiger partial charge in [0.25, 0.3) is 0 Å². The van der Waals surface area contributed by atoms with E-state index in [0.717, 1.165) is 18.6 Å². The average Bonchev–Trinajstić information content (AvgIpc) is 2.22. The molecule has 0 fully saturated rings. The standard InChI is InChI=1S/C10H22N2OS/c1-5-8(2)12(3)10(13)9(11)6-7-14-4/h8-9H,5-7,11H2,1-4H3/t8?,9-/m1/s1. The first-order chi connectivity index (χ1) is 6.54. The second-order valence-corrected chi connectivity index (χ2v) is 4.58. The molecule has 0 aliphatic rings. The highest BCUT2D eigenvalue weighted by Crippen LogP contribution is 2.06. The van der Waals surface area contributed by atoms with Gasteiger partial charge in [0.2, 0.25) is 5.91 Å². The van der Waals surface area contributed by atoms with E-state index in [1.165, 1.54) is 0 Å². The van der Waals surface area contributed by atoms with Crippen LogP contribution >= 0.6 is 11.8 Å². The van der Waals surface area contributed by atoms with E-state index >= 15 is 0 Å². The Morgan fingerprint density at radius 3 is 2.57 bits per heavy atom. The Balaban J connectivity index is 4.03. The van der Waals surface area contributed by atoms with Crippen molar-refractivity contribution in [3.05, 3.63) is 0 Å². The topological polar surface area (TPSA) is 46.3 Å². The van der Waals surface area contributed by atoms with Gasteiger partial charge < -0.3 is 10.6 Å². The molecule has 0 aromatic rings. The van der Waals surface area contributed by atoms with Crippen molar-refractivity contribution in [1.82, 2.24) is 4.90 Å². The molecule has 0 saturated carbocycles. The van der Waals surface area contributed by atoms with Crippen LogP contribution < -0.4 is 5.73 Å². The van der Waals surface area contributed by atoms with E-state index < -0.39 is 0 Å². The van der Waals surface area contributed by atoms with Crippen LogP contribution in [0, 0.1) is 0 Å². The number of rotatable bonds is 6. The van der Waals surface area contributed by atoms with Crippen LogP contribution in [0.4, 0.5) is 0 Å². The van der Waals surface area contributed by atoms with Crippen molar-refractivity contribution in [1.29, 1.82) is 0 Å². The average molecular weight is 218 g/mol. The van der Waals surface area contributed by atoms with Crippen molar-refractivity contribution in [3.63, 3.8) is 0 Å². The van der Waals surface area contributed by atoms with Crippen LogP contribution in [0.5, 0.6) is 0 Å². The first kappa shape index (κ1) is 13.8. The van der Waals surface area contributed by atoms with E-state index in [-0.39, 0.29) is 18.0 Å². The SMILES string of the molecule is CCC(C)N(C)C(=O)[C@H](N)CCSC. The van der Waals surface area contributed by atoms with Crippen molar-refractivity contribution in [2.24, 2.45) is 5.73 Å². The predicted molar refractivity (Wildman–Crippen MR) is 63.5 cm³/mol. The Morgan fingerprint density at radius 2 is 2.14 bits per heavy atom. The Labute approximate surface area is 91.4 Å². The van der Waals surface area contributed by atoms with Crippen molar-refractivity contribution in [2.45, 2.75) is 38.8 Å². The highest BCUT2D eigenvalue weighted by Gasteiger charge is 2.20. The maximum atomic E-state index is 11.7. The molecule has 0 bridgehead atoms. The maximum Gasteiger partial charge on any atom is 0.239 e. The number of hydrogen-bond donors (Lipinski definition) is 1. The molecule has 0 aliphatic heterocycles. The number of amides is 1. The molecule has 1 unspecified atom stereocenters. The van der Waals surface area contributed by atoms with Gasteiger partial charge in [0.05, 0.1) is 6.04 Å². The Hall–Kier alpha value is -0.220. The van der Waals surface area contributed by atoms with Gasteiger partial charge in [0.15, 0.2) is 0 Å². The fraction of sp³-hybridized carbons (Fsp3) is 0.900. The van der Waals surface area contributed by atoms with E-state index in [4.69, 9.17) is 5.73 Å². The van der Waals surface area contributed by atoms with E-state index in [2.05, 4.69) is 6.92 Å². The summed E-state index contributed by atoms with van der Waals surface area (Å²) >= 11 is 1.72. The summed E-state index contributed by atoms with van der Waals surface area (Å²) in [6, 6.07) is -0.0516. The Morgan fingerprint density at radius 1 is 1.57 bits per heavy atom. The van der Waals surface area contributed by atoms with Gasteiger partial charge in [0.1, 0.15) is 0 Å². The molecule has 2 atom stereocenters. The largest absolute Gasteiger partial charge is 0.342 e. The second kappa shape index (κ2) is 7.12. The molecule has 0 heterocycles. The van der Waals surface area contributed by atoms with Crippen LogP contribution in [0.3, 0.4) is 0 Å². The molecule has 14 heavy (non-hydrogen) atoms. The maximum absolute atomic E-state index is 11.7. The molecular weight excluding hydrogens is 196 g/mol. The van der Waals surface area contributed by atoms with Crippen molar-refractivity contribution >= 4 is 17.7 Å². The third kappa shape index (κ3) is 4.33. The van der Waals surface area contributed by atoms with Crippen LogP contribution in [0.25, 0.3) is 0 Å². The zero-order valence-electron chi connectivity index (χ0n) is 9.62. The van der Waals surface area contributed by atoms with Crippen LogP contribution in [0.1, 0.15) is 26.7 Å². The predicted octanol–water partition coefficient (Wildman–Crippen LogP) is 1.32. The minimum absolute atomic E-state index is 0.0633.